The molecule has 1 aliphatic carbocycles. The fourth-order valence-corrected chi connectivity index (χ4v) is 2.67. The van der Waals surface area contributed by atoms with E-state index >= 15 is 0 Å². The number of nitrogens with two attached hydrogens (primary N) is 1. The molecule has 0 aromatic carbocycles. The monoisotopic (exact) mass is 320 g/mol. The van der Waals surface area contributed by atoms with Gasteiger partial charge in [-0.3, -0.25) is 4.99 Å². The maximum absolute atomic E-state index is 5.93. The Balaban J connectivity index is 2.04. The van der Waals surface area contributed by atoms with Crippen molar-refractivity contribution in [3.8, 4) is 0 Å². The summed E-state index contributed by atoms with van der Waals surface area (Å²) in [6, 6.07) is 0. The van der Waals surface area contributed by atoms with Crippen LogP contribution in [-0.2, 0) is 0 Å². The number of aromatic nitrogens is 2. The largest absolute Gasteiger partial charge is 0.323 e. The molecule has 4 nitrogen and oxygen atoms in total. The maximum atomic E-state index is 5.93. The van der Waals surface area contributed by atoms with Crippen molar-refractivity contribution in [2.24, 2.45) is 10.4 Å². The third-order valence-corrected chi connectivity index (χ3v) is 4.14. The van der Waals surface area contributed by atoms with Crippen LogP contribution < -0.4 is 5.84 Å². The Morgan fingerprint density at radius 3 is 2.50 bits per heavy atom. The van der Waals surface area contributed by atoms with Gasteiger partial charge in [-0.1, -0.05) is 56.4 Å². The fraction of sp³-hybridized carbons (Fsp3) is 0.300. The minimum absolute atomic E-state index is 0.0296. The number of nitrogen functional groups attached to an aromatic ring is 1. The van der Waals surface area contributed by atoms with Crippen LogP contribution in [0.2, 0.25) is 0 Å². The first-order valence-corrected chi connectivity index (χ1v) is 8.15. The number of hydrogen-bond donors (Lipinski definition) is 1. The van der Waals surface area contributed by atoms with E-state index < -0.39 is 0 Å². The van der Waals surface area contributed by atoms with Gasteiger partial charge in [0, 0.05) is 22.8 Å². The van der Waals surface area contributed by atoms with Gasteiger partial charge in [0.2, 0.25) is 0 Å². The van der Waals surface area contributed by atoms with Crippen molar-refractivity contribution in [1.82, 2.24) is 9.89 Å². The first-order chi connectivity index (χ1) is 11.3. The molecule has 2 aliphatic rings. The quantitative estimate of drug-likeness (QED) is 0.839. The van der Waals surface area contributed by atoms with Crippen LogP contribution in [0.15, 0.2) is 59.8 Å². The minimum atomic E-state index is -0.203. The van der Waals surface area contributed by atoms with Crippen LogP contribution in [0.1, 0.15) is 39.0 Å². The lowest BCUT2D eigenvalue weighted by atomic mass is 9.92. The Morgan fingerprint density at radius 1 is 0.958 bits per heavy atom. The lowest BCUT2D eigenvalue weighted by Crippen LogP contribution is -2.11. The van der Waals surface area contributed by atoms with E-state index in [4.69, 9.17) is 5.84 Å². The second-order valence-corrected chi connectivity index (χ2v) is 7.39. The molecule has 0 saturated heterocycles. The van der Waals surface area contributed by atoms with E-state index in [-0.39, 0.29) is 11.0 Å². The average Bonchev–Trinajstić information content (AvgIpc) is 2.65. The molecule has 0 radical (unpaired) electrons. The summed E-state index contributed by atoms with van der Waals surface area (Å²) in [5.41, 5.74) is 3.80. The molecular weight excluding hydrogens is 296 g/mol. The molecule has 0 bridgehead atoms. The molecule has 2 N–H and O–H groups in total. The molecule has 0 atom stereocenters. The number of nitrogens with zero attached hydrogens (tertiary/aromatic N) is 3. The standard InChI is InChI=1S/C20H24N4/c1-19(2)10-5-6-16(7-11-19)18-17(14-24(21)23-18)15-8-12-20(3,4)22-13-9-15/h5-14H,21H2,1-4H3. The molecule has 4 heteroatoms. The van der Waals surface area contributed by atoms with Gasteiger partial charge in [0.15, 0.2) is 0 Å². The van der Waals surface area contributed by atoms with Crippen LogP contribution in [0.25, 0.3) is 11.1 Å². The van der Waals surface area contributed by atoms with Crippen molar-refractivity contribution in [1.29, 1.82) is 0 Å². The molecule has 0 saturated carbocycles. The highest BCUT2D eigenvalue weighted by Gasteiger charge is 2.19. The van der Waals surface area contributed by atoms with Crippen LogP contribution in [0, 0.1) is 5.41 Å². The van der Waals surface area contributed by atoms with Gasteiger partial charge in [0.1, 0.15) is 5.69 Å². The number of aliphatic imine (C=N–C) groups is 1. The summed E-state index contributed by atoms with van der Waals surface area (Å²) >= 11 is 0. The van der Waals surface area contributed by atoms with E-state index in [0.29, 0.717) is 0 Å². The summed E-state index contributed by atoms with van der Waals surface area (Å²) in [5, 5.41) is 4.49. The Bertz CT molecular complexity index is 756. The molecule has 1 aliphatic heterocycles. The highest BCUT2D eigenvalue weighted by atomic mass is 15.5. The topological polar surface area (TPSA) is 56.2 Å². The SMILES string of the molecule is CC1(C)C=CC=C(c2nn(N)cc2C2=CC=NC(C)(C)C=C2)C=C1. The Hall–Kier alpha value is -2.62. The minimum Gasteiger partial charge on any atom is -0.323 e. The van der Waals surface area contributed by atoms with Gasteiger partial charge in [0.05, 0.1) is 11.7 Å². The molecule has 124 valence electrons. The second-order valence-electron chi connectivity index (χ2n) is 7.39. The zero-order chi connectivity index (χ0) is 17.4. The predicted molar refractivity (Wildman–Crippen MR) is 102 cm³/mol. The van der Waals surface area contributed by atoms with E-state index in [1.807, 2.05) is 18.5 Å². The van der Waals surface area contributed by atoms with Gasteiger partial charge in [0.25, 0.3) is 0 Å². The van der Waals surface area contributed by atoms with Crippen molar-refractivity contribution in [3.63, 3.8) is 0 Å². The molecule has 0 fully saturated rings. The van der Waals surface area contributed by atoms with Gasteiger partial charge in [-0.15, -0.1) is 0 Å². The molecule has 1 aromatic heterocycles. The molecule has 24 heavy (non-hydrogen) atoms. The van der Waals surface area contributed by atoms with Crippen molar-refractivity contribution < 1.29 is 0 Å². The van der Waals surface area contributed by atoms with Crippen molar-refractivity contribution in [2.45, 2.75) is 33.2 Å². The zero-order valence-electron chi connectivity index (χ0n) is 14.7. The summed E-state index contributed by atoms with van der Waals surface area (Å²) in [5.74, 6) is 5.93. The van der Waals surface area contributed by atoms with Gasteiger partial charge in [-0.05, 0) is 25.5 Å². The zero-order valence-corrected chi connectivity index (χ0v) is 14.7. The van der Waals surface area contributed by atoms with Crippen LogP contribution in [0.5, 0.6) is 0 Å². The molecular formula is C20H24N4. The van der Waals surface area contributed by atoms with Gasteiger partial charge in [-0.2, -0.15) is 9.89 Å². The van der Waals surface area contributed by atoms with E-state index in [1.54, 1.807) is 0 Å². The van der Waals surface area contributed by atoms with Gasteiger partial charge in [-0.25, -0.2) is 0 Å². The van der Waals surface area contributed by atoms with Crippen molar-refractivity contribution >= 4 is 17.4 Å². The summed E-state index contributed by atoms with van der Waals surface area (Å²) in [4.78, 5) is 5.90. The smallest absolute Gasteiger partial charge is 0.102 e. The lowest BCUT2D eigenvalue weighted by Gasteiger charge is -2.12. The Kier molecular flexibility index (Phi) is 3.91. The third kappa shape index (κ3) is 3.48. The third-order valence-electron chi connectivity index (χ3n) is 4.14. The molecule has 1 aromatic rings. The van der Waals surface area contributed by atoms with Gasteiger partial charge < -0.3 is 5.84 Å². The number of rotatable bonds is 2. The summed E-state index contributed by atoms with van der Waals surface area (Å²) in [6.07, 6.45) is 20.5. The Morgan fingerprint density at radius 2 is 1.71 bits per heavy atom. The number of allylic oxidation sites excluding steroid dienone is 9. The molecule has 0 amide bonds. The molecule has 2 heterocycles. The summed E-state index contributed by atoms with van der Waals surface area (Å²) < 4.78 is 0. The molecule has 0 spiro atoms. The van der Waals surface area contributed by atoms with Crippen LogP contribution in [0.4, 0.5) is 0 Å². The molecule has 3 rings (SSSR count). The highest BCUT2D eigenvalue weighted by molar-refractivity contribution is 5.93. The summed E-state index contributed by atoms with van der Waals surface area (Å²) in [6.45, 7) is 8.50. The van der Waals surface area contributed by atoms with Crippen molar-refractivity contribution in [3.05, 3.63) is 66.1 Å². The van der Waals surface area contributed by atoms with Crippen LogP contribution in [0.3, 0.4) is 0 Å². The normalized spacial score (nSPS) is 21.2. The summed E-state index contributed by atoms with van der Waals surface area (Å²) in [7, 11) is 0. The van der Waals surface area contributed by atoms with E-state index in [9.17, 15) is 0 Å². The molecule has 0 unspecified atom stereocenters. The fourth-order valence-electron chi connectivity index (χ4n) is 2.67. The van der Waals surface area contributed by atoms with E-state index in [2.05, 4.69) is 80.3 Å². The van der Waals surface area contributed by atoms with Gasteiger partial charge >= 0.3 is 0 Å². The maximum Gasteiger partial charge on any atom is 0.102 e. The number of hydrogen-bond acceptors (Lipinski definition) is 3. The van der Waals surface area contributed by atoms with Crippen molar-refractivity contribution in [2.75, 3.05) is 5.84 Å². The highest BCUT2D eigenvalue weighted by Crippen LogP contribution is 2.31. The van der Waals surface area contributed by atoms with Crippen LogP contribution in [-0.4, -0.2) is 21.6 Å². The van der Waals surface area contributed by atoms with Crippen LogP contribution >= 0.6 is 0 Å². The predicted octanol–water partition coefficient (Wildman–Crippen LogP) is 3.94. The first kappa shape index (κ1) is 16.2. The van der Waals surface area contributed by atoms with E-state index in [1.165, 1.54) is 4.79 Å². The lowest BCUT2D eigenvalue weighted by molar-refractivity contribution is 0.627. The Labute approximate surface area is 143 Å². The average molecular weight is 320 g/mol. The first-order valence-electron chi connectivity index (χ1n) is 8.15. The van der Waals surface area contributed by atoms with E-state index in [0.717, 1.165) is 22.4 Å². The second kappa shape index (κ2) is 5.78.